The summed E-state index contributed by atoms with van der Waals surface area (Å²) in [5, 5.41) is 3.37. The highest BCUT2D eigenvalue weighted by molar-refractivity contribution is 6.80. The zero-order valence-corrected chi connectivity index (χ0v) is 53.8. The fourth-order valence-corrected chi connectivity index (χ4v) is 21.1. The largest absolute Gasteiger partial charge is 0.798 e. The molecule has 0 amide bonds. The minimum atomic E-state index is -3.32. The van der Waals surface area contributed by atoms with Crippen molar-refractivity contribution in [3.63, 3.8) is 0 Å². The Hall–Kier alpha value is -5.85. The summed E-state index contributed by atoms with van der Waals surface area (Å²) in [4.78, 5) is 34.7. The minimum absolute atomic E-state index is 0.0786. The first-order chi connectivity index (χ1) is 38.6. The second-order valence-electron chi connectivity index (χ2n) is 25.7. The molecule has 0 unspecified atom stereocenters. The Kier molecular flexibility index (Phi) is 16.6. The normalized spacial score (nSPS) is 14.9. The van der Waals surface area contributed by atoms with Gasteiger partial charge < -0.3 is 29.5 Å². The van der Waals surface area contributed by atoms with Crippen LogP contribution in [0, 0.1) is 47.3 Å². The summed E-state index contributed by atoms with van der Waals surface area (Å²) in [5.41, 5.74) is 4.56. The van der Waals surface area contributed by atoms with Crippen LogP contribution in [-0.2, 0) is 3.48 Å². The van der Waals surface area contributed by atoms with Gasteiger partial charge in [-0.15, -0.1) is 0 Å². The second kappa shape index (κ2) is 23.1. The van der Waals surface area contributed by atoms with Gasteiger partial charge in [-0.1, -0.05) is 180 Å². The number of hydrogen-bond acceptors (Lipinski definition) is 11. The van der Waals surface area contributed by atoms with Crippen molar-refractivity contribution >= 4 is 79.8 Å². The van der Waals surface area contributed by atoms with Crippen LogP contribution < -0.4 is 29.9 Å². The molecule has 4 aliphatic heterocycles. The van der Waals surface area contributed by atoms with E-state index in [-0.39, 0.29) is 71.8 Å². The molecule has 13 nitrogen and oxygen atoms in total. The van der Waals surface area contributed by atoms with Crippen LogP contribution in [0.1, 0.15) is 154 Å². The Bertz CT molecular complexity index is 3600. The molecule has 0 radical (unpaired) electrons. The molecule has 0 atom stereocenters. The molecule has 0 N–H and O–H groups in total. The number of aliphatic imine (C=N–C) groups is 4. The maximum atomic E-state index is 8.35. The van der Waals surface area contributed by atoms with Crippen molar-refractivity contribution in [3.8, 4) is 23.0 Å². The Morgan fingerprint density at radius 2 is 0.753 bits per heavy atom. The van der Waals surface area contributed by atoms with Gasteiger partial charge in [0.15, 0.2) is 31.7 Å². The van der Waals surface area contributed by atoms with E-state index < -0.39 is 23.2 Å². The molecule has 0 spiro atoms. The highest BCUT2D eigenvalue weighted by Gasteiger charge is 2.48. The molecule has 4 aliphatic rings. The van der Waals surface area contributed by atoms with Crippen LogP contribution in [0.5, 0.6) is 23.0 Å². The lowest BCUT2D eigenvalue weighted by Crippen LogP contribution is -2.55. The molecule has 15 heteroatoms. The predicted octanol–water partition coefficient (Wildman–Crippen LogP) is 15.2. The van der Waals surface area contributed by atoms with E-state index in [1.165, 1.54) is 0 Å². The molecule has 6 bridgehead atoms. The topological polar surface area (TPSA) is 130 Å². The van der Waals surface area contributed by atoms with Gasteiger partial charge in [0, 0.05) is 21.9 Å². The predicted molar refractivity (Wildman–Crippen MR) is 336 cm³/mol. The summed E-state index contributed by atoms with van der Waals surface area (Å²) in [6.45, 7) is 42.5. The maximum absolute atomic E-state index is 8.35. The summed E-state index contributed by atoms with van der Waals surface area (Å²) < 4.78 is 42.1. The molecule has 2 aromatic heterocycles. The van der Waals surface area contributed by atoms with Crippen molar-refractivity contribution in [3.05, 3.63) is 106 Å². The van der Waals surface area contributed by atoms with Gasteiger partial charge in [-0.25, -0.2) is 30.0 Å². The van der Waals surface area contributed by atoms with Gasteiger partial charge in [-0.05, 0) is 89.7 Å². The Balaban J connectivity index is 1.47. The first-order valence-electron chi connectivity index (χ1n) is 30.4. The van der Waals surface area contributed by atoms with Crippen molar-refractivity contribution in [1.82, 2.24) is 7.10 Å². The van der Waals surface area contributed by atoms with Gasteiger partial charge in [0.05, 0.1) is 21.9 Å². The number of fused-ring (bicyclic) bond motifs is 14. The highest BCUT2D eigenvalue weighted by Crippen LogP contribution is 2.48. The SMILES string of the molecule is CC[Si](CC)(CC)[O][Al]1[n]2c3c4cccc(OC(C(C)C)C(C)C)c4c2N=C2N=C(N=c4c5cccc(OC(C(C)C)C(C)C)c5c([n]41)=NC1=NC(=N3)c3c(OC(C(C)C)C(C)C)cccc31)c1c(OC(C(C)C)C(C)C)cccc12. The molecule has 0 saturated heterocycles. The van der Waals surface area contributed by atoms with E-state index in [9.17, 15) is 0 Å². The van der Waals surface area contributed by atoms with E-state index >= 15 is 0 Å². The molecule has 81 heavy (non-hydrogen) atoms. The Morgan fingerprint density at radius 1 is 0.383 bits per heavy atom. The summed E-state index contributed by atoms with van der Waals surface area (Å²) >= 11 is -3.32. The third-order valence-corrected chi connectivity index (χ3v) is 25.8. The summed E-state index contributed by atoms with van der Waals surface area (Å²) in [6, 6.07) is 27.8. The first kappa shape index (κ1) is 58.3. The second-order valence-corrected chi connectivity index (χ2v) is 32.8. The smallest absolute Gasteiger partial charge is 0.509 e. The van der Waals surface area contributed by atoms with Crippen LogP contribution in [-0.4, -0.2) is 78.1 Å². The minimum Gasteiger partial charge on any atom is -0.509 e. The molecule has 6 heterocycles. The third kappa shape index (κ3) is 10.5. The van der Waals surface area contributed by atoms with E-state index in [1.54, 1.807) is 0 Å². The Labute approximate surface area is 487 Å². The standard InChI is InChI=1S/C60H72N8O4.C6H15OSi.Al/c1-29(2)49(30(3)4)69-41-25-17-21-37-45(41)57-61-53(37)66-58-47-39(23-19-27-43(47)71-51(33(9)10)34(11)12)55(63-58)68-60-48-40(24-20-28-44(48)72-52(35(13)14)36(15)16)56(64-60)67-59-46-38(54(62-59)65-57)22-18-26-42(46)70-50(31(5)6)32(7)8;1-4-8(7,5-2)6-3;/h17-36,49-52H,1-16H3;4-6H2,1-3H3;/q-2;-1;+3. The number of hydrogen-bond donors (Lipinski definition) is 0. The molecule has 0 saturated carbocycles. The lowest BCUT2D eigenvalue weighted by atomic mass is 9.96. The number of ether oxygens (including phenoxy) is 4. The van der Waals surface area contributed by atoms with Crippen molar-refractivity contribution < 1.29 is 22.4 Å². The lowest BCUT2D eigenvalue weighted by molar-refractivity contribution is 0.105. The van der Waals surface area contributed by atoms with Gasteiger partial charge in [0.1, 0.15) is 70.0 Å². The lowest BCUT2D eigenvalue weighted by Gasteiger charge is -2.33. The molecule has 0 aliphatic carbocycles. The molecule has 0 fully saturated rings. The number of nitrogens with zero attached hydrogens (tertiary/aromatic N) is 8. The quantitative estimate of drug-likeness (QED) is 0.0663. The van der Waals surface area contributed by atoms with Crippen molar-refractivity contribution in [1.29, 1.82) is 0 Å². The molecule has 428 valence electrons. The maximum Gasteiger partial charge on any atom is 0.798 e. The average Bonchev–Trinajstić information content (AvgIpc) is 2.09. The zero-order valence-electron chi connectivity index (χ0n) is 51.7. The molecular formula is C66H87AlN8O5Si. The van der Waals surface area contributed by atoms with Gasteiger partial charge >= 0.3 is 14.9 Å². The van der Waals surface area contributed by atoms with Gasteiger partial charge in [0.2, 0.25) is 0 Å². The van der Waals surface area contributed by atoms with Crippen LogP contribution in [0.25, 0.3) is 21.5 Å². The van der Waals surface area contributed by atoms with Crippen molar-refractivity contribution in [2.24, 2.45) is 77.3 Å². The third-order valence-electron chi connectivity index (χ3n) is 17.2. The first-order valence-corrected chi connectivity index (χ1v) is 34.4. The van der Waals surface area contributed by atoms with E-state index in [1.807, 2.05) is 0 Å². The van der Waals surface area contributed by atoms with Crippen LogP contribution >= 0.6 is 0 Å². The van der Waals surface area contributed by atoms with Crippen molar-refractivity contribution in [2.45, 2.75) is 174 Å². The molecular weight excluding hydrogens is 1040 g/mol. The number of aromatic nitrogens is 2. The van der Waals surface area contributed by atoms with E-state index in [2.05, 4.69) is 211 Å². The number of rotatable bonds is 21. The monoisotopic (exact) mass is 1130 g/mol. The van der Waals surface area contributed by atoms with Crippen molar-refractivity contribution in [2.75, 3.05) is 0 Å². The van der Waals surface area contributed by atoms with Crippen LogP contribution in [0.2, 0.25) is 18.1 Å². The van der Waals surface area contributed by atoms with E-state index in [0.29, 0.717) is 69.0 Å². The average molecular weight is 1130 g/mol. The Morgan fingerprint density at radius 3 is 1.22 bits per heavy atom. The molecule has 6 aromatic rings. The fourth-order valence-electron chi connectivity index (χ4n) is 13.1. The van der Waals surface area contributed by atoms with E-state index in [0.717, 1.165) is 61.9 Å². The van der Waals surface area contributed by atoms with Crippen LogP contribution in [0.15, 0.2) is 103 Å². The molecule has 10 rings (SSSR count). The van der Waals surface area contributed by atoms with Gasteiger partial charge in [-0.2, -0.15) is 0 Å². The van der Waals surface area contributed by atoms with Gasteiger partial charge in [0.25, 0.3) is 0 Å². The number of amidine groups is 4. The summed E-state index contributed by atoms with van der Waals surface area (Å²) in [6.07, 6.45) is -0.381. The van der Waals surface area contributed by atoms with Crippen LogP contribution in [0.3, 0.4) is 0 Å². The summed E-state index contributed by atoms with van der Waals surface area (Å²) in [7, 11) is -2.60. The number of benzene rings is 4. The fraction of sp³-hybridized carbons (Fsp3) is 0.515. The van der Waals surface area contributed by atoms with Gasteiger partial charge in [-0.3, -0.25) is 0 Å². The molecule has 4 aromatic carbocycles. The summed E-state index contributed by atoms with van der Waals surface area (Å²) in [5.74, 6) is 8.04. The van der Waals surface area contributed by atoms with Crippen LogP contribution in [0.4, 0.5) is 11.6 Å². The van der Waals surface area contributed by atoms with E-state index in [4.69, 9.17) is 52.4 Å². The zero-order chi connectivity index (χ0) is 58.1. The highest BCUT2D eigenvalue weighted by atomic mass is 28.4.